The molecule has 0 aliphatic heterocycles. The molecule has 1 atom stereocenters. The zero-order valence-corrected chi connectivity index (χ0v) is 15.8. The number of carbonyl (C=O) groups is 2. The van der Waals surface area contributed by atoms with Gasteiger partial charge in [0.05, 0.1) is 26.2 Å². The largest absolute Gasteiger partial charge is 0.497 e. The third-order valence-electron chi connectivity index (χ3n) is 3.82. The van der Waals surface area contributed by atoms with Crippen molar-refractivity contribution in [3.8, 4) is 5.75 Å². The van der Waals surface area contributed by atoms with E-state index < -0.39 is 0 Å². The molecule has 0 heterocycles. The molecule has 0 bridgehead atoms. The monoisotopic (exact) mass is 377 g/mol. The zero-order chi connectivity index (χ0) is 18.1. The molecule has 0 radical (unpaired) electrons. The first-order valence-corrected chi connectivity index (χ1v) is 8.25. The number of hydrogen-bond donors (Lipinski definition) is 1. The number of Topliss-reactive ketones (excluding diaryl/α,β-unsaturated/α-hetero) is 1. The number of benzene rings is 2. The van der Waals surface area contributed by atoms with Crippen LogP contribution >= 0.6 is 12.4 Å². The fraction of sp³-hybridized carbons (Fsp3) is 0.300. The van der Waals surface area contributed by atoms with E-state index in [1.807, 2.05) is 30.3 Å². The maximum Gasteiger partial charge on any atom is 0.319 e. The molecule has 0 aliphatic rings. The first-order chi connectivity index (χ1) is 12.2. The van der Waals surface area contributed by atoms with E-state index in [1.54, 1.807) is 38.3 Å². The van der Waals surface area contributed by atoms with Crippen LogP contribution in [0.25, 0.3) is 0 Å². The van der Waals surface area contributed by atoms with Crippen LogP contribution in [0, 0.1) is 0 Å². The van der Waals surface area contributed by atoms with Crippen LogP contribution in [0.4, 0.5) is 0 Å². The minimum absolute atomic E-state index is 0. The molecule has 2 rings (SSSR count). The van der Waals surface area contributed by atoms with E-state index in [4.69, 9.17) is 9.47 Å². The van der Waals surface area contributed by atoms with Gasteiger partial charge in [-0.05, 0) is 36.8 Å². The quantitative estimate of drug-likeness (QED) is 0.537. The van der Waals surface area contributed by atoms with Crippen molar-refractivity contribution in [2.45, 2.75) is 12.8 Å². The van der Waals surface area contributed by atoms with E-state index >= 15 is 0 Å². The number of ether oxygens (including phenoxy) is 2. The van der Waals surface area contributed by atoms with Gasteiger partial charge < -0.3 is 14.8 Å². The van der Waals surface area contributed by atoms with Crippen LogP contribution in [0.3, 0.4) is 0 Å². The Kier molecular flexibility index (Phi) is 9.41. The fourth-order valence-electron chi connectivity index (χ4n) is 2.53. The molecule has 2 aromatic carbocycles. The van der Waals surface area contributed by atoms with Gasteiger partial charge in [0.15, 0.2) is 5.78 Å². The summed E-state index contributed by atoms with van der Waals surface area (Å²) >= 11 is 0. The summed E-state index contributed by atoms with van der Waals surface area (Å²) in [5.41, 5.74) is 1.51. The predicted molar refractivity (Wildman–Crippen MR) is 103 cm³/mol. The predicted octanol–water partition coefficient (Wildman–Crippen LogP) is 3.24. The Morgan fingerprint density at radius 1 is 1.04 bits per heavy atom. The van der Waals surface area contributed by atoms with Gasteiger partial charge in [-0.25, -0.2) is 0 Å². The molecule has 0 saturated heterocycles. The lowest BCUT2D eigenvalue weighted by Crippen LogP contribution is -2.31. The first-order valence-electron chi connectivity index (χ1n) is 8.25. The second kappa shape index (κ2) is 11.3. The number of halogens is 1. The van der Waals surface area contributed by atoms with Gasteiger partial charge >= 0.3 is 5.97 Å². The molecule has 1 unspecified atom stereocenters. The summed E-state index contributed by atoms with van der Waals surface area (Å²) in [6.07, 6.45) is 0. The molecule has 0 aromatic heterocycles. The zero-order valence-electron chi connectivity index (χ0n) is 14.9. The average Bonchev–Trinajstić information content (AvgIpc) is 2.66. The van der Waals surface area contributed by atoms with Crippen LogP contribution in [0.2, 0.25) is 0 Å². The van der Waals surface area contributed by atoms with Gasteiger partial charge in [-0.3, -0.25) is 9.59 Å². The Bertz CT molecular complexity index is 689. The van der Waals surface area contributed by atoms with Crippen molar-refractivity contribution < 1.29 is 19.1 Å². The number of carbonyl (C=O) groups excluding carboxylic acids is 2. The van der Waals surface area contributed by atoms with Crippen LogP contribution < -0.4 is 10.1 Å². The molecule has 0 aliphatic carbocycles. The molecule has 26 heavy (non-hydrogen) atoms. The van der Waals surface area contributed by atoms with Crippen molar-refractivity contribution >= 4 is 24.2 Å². The average molecular weight is 378 g/mol. The highest BCUT2D eigenvalue weighted by molar-refractivity contribution is 6.01. The fourth-order valence-corrected chi connectivity index (χ4v) is 2.53. The van der Waals surface area contributed by atoms with Crippen LogP contribution in [-0.2, 0) is 9.53 Å². The maximum atomic E-state index is 12.9. The Hall–Kier alpha value is -2.37. The molecule has 2 aromatic rings. The molecular weight excluding hydrogens is 354 g/mol. The summed E-state index contributed by atoms with van der Waals surface area (Å²) < 4.78 is 10.0. The minimum atomic E-state index is -0.385. The van der Waals surface area contributed by atoms with Crippen LogP contribution in [0.15, 0.2) is 54.6 Å². The second-order valence-corrected chi connectivity index (χ2v) is 5.49. The highest BCUT2D eigenvalue weighted by atomic mass is 35.5. The van der Waals surface area contributed by atoms with Gasteiger partial charge in [0, 0.05) is 12.1 Å². The SMILES string of the molecule is CCOC(=O)CNCC(C(=O)c1ccc(OC)cc1)c1ccccc1.Cl. The third-order valence-corrected chi connectivity index (χ3v) is 3.82. The molecule has 0 saturated carbocycles. The second-order valence-electron chi connectivity index (χ2n) is 5.49. The van der Waals surface area contributed by atoms with E-state index in [0.717, 1.165) is 5.56 Å². The lowest BCUT2D eigenvalue weighted by Gasteiger charge is -2.17. The Morgan fingerprint density at radius 3 is 2.27 bits per heavy atom. The van der Waals surface area contributed by atoms with Gasteiger partial charge in [0.1, 0.15) is 5.75 Å². The number of rotatable bonds is 9. The molecular formula is C20H24ClNO4. The topological polar surface area (TPSA) is 64.6 Å². The smallest absolute Gasteiger partial charge is 0.319 e. The molecule has 140 valence electrons. The molecule has 0 spiro atoms. The molecule has 0 fully saturated rings. The number of methoxy groups -OCH3 is 1. The minimum Gasteiger partial charge on any atom is -0.497 e. The summed E-state index contributed by atoms with van der Waals surface area (Å²) in [6, 6.07) is 16.6. The Balaban J connectivity index is 0.00000338. The standard InChI is InChI=1S/C20H23NO4.ClH/c1-3-25-19(22)14-21-13-18(15-7-5-4-6-8-15)20(23)16-9-11-17(24-2)12-10-16;/h4-12,18,21H,3,13-14H2,1-2H3;1H. The normalized spacial score (nSPS) is 11.2. The number of ketones is 1. The molecule has 5 nitrogen and oxygen atoms in total. The van der Waals surface area contributed by atoms with E-state index in [2.05, 4.69) is 5.32 Å². The number of esters is 1. The first kappa shape index (κ1) is 21.7. The highest BCUT2D eigenvalue weighted by Crippen LogP contribution is 2.22. The van der Waals surface area contributed by atoms with Gasteiger partial charge in [-0.1, -0.05) is 30.3 Å². The van der Waals surface area contributed by atoms with E-state index in [9.17, 15) is 9.59 Å². The van der Waals surface area contributed by atoms with E-state index in [-0.39, 0.29) is 36.6 Å². The maximum absolute atomic E-state index is 12.9. The summed E-state index contributed by atoms with van der Waals surface area (Å²) in [5, 5.41) is 3.02. The van der Waals surface area contributed by atoms with E-state index in [1.165, 1.54) is 0 Å². The van der Waals surface area contributed by atoms with E-state index in [0.29, 0.717) is 24.5 Å². The molecule has 0 amide bonds. The van der Waals surface area contributed by atoms with Crippen molar-refractivity contribution in [1.82, 2.24) is 5.32 Å². The van der Waals surface area contributed by atoms with Crippen LogP contribution in [-0.4, -0.2) is 38.6 Å². The molecule has 6 heteroatoms. The number of hydrogen-bond acceptors (Lipinski definition) is 5. The Labute approximate surface area is 160 Å². The van der Waals surface area contributed by atoms with Crippen molar-refractivity contribution in [3.05, 3.63) is 65.7 Å². The van der Waals surface area contributed by atoms with Crippen LogP contribution in [0.1, 0.15) is 28.8 Å². The summed E-state index contributed by atoms with van der Waals surface area (Å²) in [4.78, 5) is 24.4. The van der Waals surface area contributed by atoms with Gasteiger partial charge in [-0.15, -0.1) is 12.4 Å². The van der Waals surface area contributed by atoms with Crippen molar-refractivity contribution in [2.24, 2.45) is 0 Å². The van der Waals surface area contributed by atoms with Gasteiger partial charge in [0.2, 0.25) is 0 Å². The summed E-state index contributed by atoms with van der Waals surface area (Å²) in [5.74, 6) is -0.0197. The highest BCUT2D eigenvalue weighted by Gasteiger charge is 2.22. The Morgan fingerprint density at radius 2 is 1.69 bits per heavy atom. The van der Waals surface area contributed by atoms with Crippen LogP contribution in [0.5, 0.6) is 5.75 Å². The van der Waals surface area contributed by atoms with Crippen molar-refractivity contribution in [3.63, 3.8) is 0 Å². The van der Waals surface area contributed by atoms with Gasteiger partial charge in [-0.2, -0.15) is 0 Å². The van der Waals surface area contributed by atoms with Gasteiger partial charge in [0.25, 0.3) is 0 Å². The lowest BCUT2D eigenvalue weighted by atomic mass is 9.90. The summed E-state index contributed by atoms with van der Waals surface area (Å²) in [7, 11) is 1.59. The third kappa shape index (κ3) is 6.17. The summed E-state index contributed by atoms with van der Waals surface area (Å²) in [6.45, 7) is 2.53. The number of nitrogens with one attached hydrogen (secondary N) is 1. The molecule has 1 N–H and O–H groups in total. The lowest BCUT2D eigenvalue weighted by molar-refractivity contribution is -0.142. The van der Waals surface area contributed by atoms with Crippen molar-refractivity contribution in [1.29, 1.82) is 0 Å². The van der Waals surface area contributed by atoms with Crippen molar-refractivity contribution in [2.75, 3.05) is 26.8 Å².